The minimum atomic E-state index is -0.901. The van der Waals surface area contributed by atoms with Gasteiger partial charge in [-0.1, -0.05) is 30.7 Å². The zero-order valence-electron chi connectivity index (χ0n) is 14.2. The second-order valence-electron chi connectivity index (χ2n) is 6.42. The molecule has 0 saturated heterocycles. The maximum Gasteiger partial charge on any atom is 0.349 e. The summed E-state index contributed by atoms with van der Waals surface area (Å²) in [7, 11) is 0. The first-order valence-corrected chi connectivity index (χ1v) is 9.51. The van der Waals surface area contributed by atoms with Crippen LogP contribution >= 0.6 is 22.9 Å². The van der Waals surface area contributed by atoms with Crippen molar-refractivity contribution >= 4 is 40.5 Å². The highest BCUT2D eigenvalue weighted by Crippen LogP contribution is 2.32. The van der Waals surface area contributed by atoms with Gasteiger partial charge in [-0.25, -0.2) is 4.79 Å². The van der Waals surface area contributed by atoms with E-state index in [1.165, 1.54) is 21.8 Å². The average Bonchev–Trinajstić information content (AvgIpc) is 3.00. The highest BCUT2D eigenvalue weighted by molar-refractivity contribution is 7.14. The summed E-state index contributed by atoms with van der Waals surface area (Å²) >= 11 is 7.50. The highest BCUT2D eigenvalue weighted by Gasteiger charge is 2.24. The molecule has 1 heterocycles. The maximum atomic E-state index is 12.4. The number of carbonyl (C=O) groups excluding carboxylic acids is 2. The van der Waals surface area contributed by atoms with E-state index in [9.17, 15) is 9.59 Å². The van der Waals surface area contributed by atoms with Crippen molar-refractivity contribution in [3.8, 4) is 0 Å². The lowest BCUT2D eigenvalue weighted by Gasteiger charge is -2.16. The van der Waals surface area contributed by atoms with Crippen LogP contribution in [0.4, 0.5) is 5.69 Å². The van der Waals surface area contributed by atoms with E-state index >= 15 is 0 Å². The molecule has 1 aromatic carbocycles. The first-order chi connectivity index (χ1) is 11.9. The zero-order chi connectivity index (χ0) is 18.0. The second kappa shape index (κ2) is 7.58. The van der Waals surface area contributed by atoms with Gasteiger partial charge in [-0.3, -0.25) is 4.79 Å². The number of halogens is 1. The lowest BCUT2D eigenvalue weighted by molar-refractivity contribution is -0.123. The maximum absolute atomic E-state index is 12.4. The molecule has 2 aromatic rings. The number of ether oxygens (including phenoxy) is 1. The van der Waals surface area contributed by atoms with E-state index in [2.05, 4.69) is 12.2 Å². The van der Waals surface area contributed by atoms with Crippen molar-refractivity contribution in [3.05, 3.63) is 50.7 Å². The molecule has 0 spiro atoms. The number of thiophene rings is 1. The molecule has 1 amide bonds. The van der Waals surface area contributed by atoms with Crippen molar-refractivity contribution in [1.82, 2.24) is 0 Å². The molecule has 1 aromatic heterocycles. The summed E-state index contributed by atoms with van der Waals surface area (Å²) in [5.41, 5.74) is 1.74. The van der Waals surface area contributed by atoms with Gasteiger partial charge in [0.05, 0.1) is 10.7 Å². The number of benzene rings is 1. The number of hydrogen-bond donors (Lipinski definition) is 1. The number of fused-ring (bicyclic) bond motifs is 1. The number of rotatable bonds is 4. The second-order valence-corrected chi connectivity index (χ2v) is 7.97. The van der Waals surface area contributed by atoms with Gasteiger partial charge in [0.1, 0.15) is 4.88 Å². The Hall–Kier alpha value is -1.85. The van der Waals surface area contributed by atoms with E-state index in [1.54, 1.807) is 31.2 Å². The van der Waals surface area contributed by atoms with Crippen LogP contribution in [0.15, 0.2) is 30.3 Å². The highest BCUT2D eigenvalue weighted by atomic mass is 35.5. The third-order valence-electron chi connectivity index (χ3n) is 4.32. The Morgan fingerprint density at radius 3 is 2.88 bits per heavy atom. The summed E-state index contributed by atoms with van der Waals surface area (Å²) in [5, 5.41) is 3.12. The number of carbonyl (C=O) groups is 2. The van der Waals surface area contributed by atoms with Crippen LogP contribution in [0.5, 0.6) is 0 Å². The molecule has 2 unspecified atom stereocenters. The smallest absolute Gasteiger partial charge is 0.349 e. The van der Waals surface area contributed by atoms with Crippen molar-refractivity contribution in [2.45, 2.75) is 39.2 Å². The van der Waals surface area contributed by atoms with Gasteiger partial charge in [-0.2, -0.15) is 0 Å². The van der Waals surface area contributed by atoms with Gasteiger partial charge in [0.25, 0.3) is 5.91 Å². The Morgan fingerprint density at radius 2 is 2.12 bits per heavy atom. The van der Waals surface area contributed by atoms with Gasteiger partial charge >= 0.3 is 5.97 Å². The van der Waals surface area contributed by atoms with E-state index in [-0.39, 0.29) is 0 Å². The number of aryl methyl sites for hydroxylation is 1. The minimum absolute atomic E-state index is 0.406. The van der Waals surface area contributed by atoms with Gasteiger partial charge in [-0.05, 0) is 55.9 Å². The van der Waals surface area contributed by atoms with Crippen LogP contribution in [0, 0.1) is 5.92 Å². The molecular formula is C19H20ClNO3S. The predicted molar refractivity (Wildman–Crippen MR) is 100 cm³/mol. The molecule has 4 nitrogen and oxygen atoms in total. The molecule has 0 aliphatic heterocycles. The molecule has 132 valence electrons. The number of hydrogen-bond acceptors (Lipinski definition) is 4. The SMILES string of the molecule is CC1CCc2sc(C(=O)OC(C)C(=O)Nc3ccccc3Cl)cc2C1. The first-order valence-electron chi connectivity index (χ1n) is 8.32. The molecule has 25 heavy (non-hydrogen) atoms. The molecule has 1 N–H and O–H groups in total. The minimum Gasteiger partial charge on any atom is -0.448 e. The Labute approximate surface area is 156 Å². The summed E-state index contributed by atoms with van der Waals surface area (Å²) in [5.74, 6) is -0.212. The van der Waals surface area contributed by atoms with E-state index in [1.807, 2.05) is 6.07 Å². The van der Waals surface area contributed by atoms with E-state index < -0.39 is 18.0 Å². The number of para-hydroxylation sites is 1. The zero-order valence-corrected chi connectivity index (χ0v) is 15.7. The fourth-order valence-electron chi connectivity index (χ4n) is 2.88. The van der Waals surface area contributed by atoms with Crippen molar-refractivity contribution in [3.63, 3.8) is 0 Å². The number of anilines is 1. The third kappa shape index (κ3) is 4.22. The first kappa shape index (κ1) is 18.0. The molecule has 2 atom stereocenters. The van der Waals surface area contributed by atoms with Crippen molar-refractivity contribution < 1.29 is 14.3 Å². The van der Waals surface area contributed by atoms with Gasteiger partial charge in [0.15, 0.2) is 6.10 Å². The summed E-state index contributed by atoms with van der Waals surface area (Å²) in [6.45, 7) is 3.78. The Kier molecular flexibility index (Phi) is 5.45. The van der Waals surface area contributed by atoms with Crippen LogP contribution in [-0.4, -0.2) is 18.0 Å². The number of amides is 1. The van der Waals surface area contributed by atoms with E-state index in [0.717, 1.165) is 19.3 Å². The topological polar surface area (TPSA) is 55.4 Å². The molecule has 3 rings (SSSR count). The Balaban J connectivity index is 1.62. The molecule has 6 heteroatoms. The van der Waals surface area contributed by atoms with Gasteiger partial charge < -0.3 is 10.1 Å². The Morgan fingerprint density at radius 1 is 1.36 bits per heavy atom. The quantitative estimate of drug-likeness (QED) is 0.785. The summed E-state index contributed by atoms with van der Waals surface area (Å²) in [6, 6.07) is 8.85. The van der Waals surface area contributed by atoms with E-state index in [4.69, 9.17) is 16.3 Å². The van der Waals surface area contributed by atoms with Crippen LogP contribution in [0.25, 0.3) is 0 Å². The molecule has 0 bridgehead atoms. The molecule has 1 aliphatic carbocycles. The van der Waals surface area contributed by atoms with Crippen LogP contribution in [0.1, 0.15) is 40.4 Å². The average molecular weight is 378 g/mol. The molecule has 0 saturated carbocycles. The number of esters is 1. The van der Waals surface area contributed by atoms with E-state index in [0.29, 0.717) is 21.5 Å². The fourth-order valence-corrected chi connectivity index (χ4v) is 4.15. The van der Waals surface area contributed by atoms with Crippen molar-refractivity contribution in [1.29, 1.82) is 0 Å². The van der Waals surface area contributed by atoms with Crippen LogP contribution in [-0.2, 0) is 22.4 Å². The molecule has 0 radical (unpaired) electrons. The normalized spacial score (nSPS) is 17.5. The van der Waals surface area contributed by atoms with Crippen LogP contribution in [0.3, 0.4) is 0 Å². The standard InChI is InChI=1S/C19H20ClNO3S/c1-11-7-8-16-13(9-11)10-17(25-16)19(23)24-12(2)18(22)21-15-6-4-3-5-14(15)20/h3-6,10-12H,7-9H2,1-2H3,(H,21,22). The van der Waals surface area contributed by atoms with Crippen LogP contribution in [0.2, 0.25) is 5.02 Å². The number of nitrogens with one attached hydrogen (secondary N) is 1. The Bertz CT molecular complexity index is 802. The third-order valence-corrected chi connectivity index (χ3v) is 5.86. The monoisotopic (exact) mass is 377 g/mol. The molecule has 1 aliphatic rings. The summed E-state index contributed by atoms with van der Waals surface area (Å²) in [6.07, 6.45) is 2.26. The lowest BCUT2D eigenvalue weighted by Crippen LogP contribution is -2.29. The van der Waals surface area contributed by atoms with Gasteiger partial charge in [0.2, 0.25) is 0 Å². The van der Waals surface area contributed by atoms with Gasteiger partial charge in [0, 0.05) is 4.88 Å². The predicted octanol–water partition coefficient (Wildman–Crippen LogP) is 4.71. The van der Waals surface area contributed by atoms with Crippen molar-refractivity contribution in [2.75, 3.05) is 5.32 Å². The fraction of sp³-hybridized carbons (Fsp3) is 0.368. The molecule has 0 fully saturated rings. The molecular weight excluding hydrogens is 358 g/mol. The largest absolute Gasteiger partial charge is 0.448 e. The van der Waals surface area contributed by atoms with Gasteiger partial charge in [-0.15, -0.1) is 11.3 Å². The summed E-state index contributed by atoms with van der Waals surface area (Å²) in [4.78, 5) is 26.4. The lowest BCUT2D eigenvalue weighted by atomic mass is 9.90. The van der Waals surface area contributed by atoms with Crippen LogP contribution < -0.4 is 5.32 Å². The van der Waals surface area contributed by atoms with Crippen molar-refractivity contribution in [2.24, 2.45) is 5.92 Å². The summed E-state index contributed by atoms with van der Waals surface area (Å²) < 4.78 is 5.33.